The lowest BCUT2D eigenvalue weighted by Gasteiger charge is -2.26. The molecule has 2 aromatic carbocycles. The van der Waals surface area contributed by atoms with E-state index < -0.39 is 0 Å². The second-order valence-corrected chi connectivity index (χ2v) is 7.32. The Morgan fingerprint density at radius 1 is 1.04 bits per heavy atom. The number of halogens is 1. The Balaban J connectivity index is 1.31. The number of hydrogen-bond acceptors (Lipinski definition) is 4. The molecule has 1 saturated heterocycles. The van der Waals surface area contributed by atoms with Gasteiger partial charge in [0.15, 0.2) is 0 Å². The van der Waals surface area contributed by atoms with E-state index in [0.717, 1.165) is 44.2 Å². The molecule has 0 aromatic heterocycles. The molecular formula is C22H27ClN2O3. The van der Waals surface area contributed by atoms with Crippen LogP contribution in [0.5, 0.6) is 5.75 Å². The molecule has 0 aliphatic carbocycles. The molecule has 2 aromatic rings. The SMILES string of the molecule is O=C(CCCOc1ccc(Cl)cc1)NCc1ccc(CN2CCOCC2)cc1. The highest BCUT2D eigenvalue weighted by Gasteiger charge is 2.10. The minimum Gasteiger partial charge on any atom is -0.494 e. The topological polar surface area (TPSA) is 50.8 Å². The van der Waals surface area contributed by atoms with Crippen LogP contribution in [0.15, 0.2) is 48.5 Å². The Bertz CT molecular complexity index is 728. The Hall–Kier alpha value is -2.08. The summed E-state index contributed by atoms with van der Waals surface area (Å²) >= 11 is 5.84. The summed E-state index contributed by atoms with van der Waals surface area (Å²) in [6.45, 7) is 5.60. The summed E-state index contributed by atoms with van der Waals surface area (Å²) < 4.78 is 11.0. The van der Waals surface area contributed by atoms with Gasteiger partial charge >= 0.3 is 0 Å². The van der Waals surface area contributed by atoms with Crippen molar-refractivity contribution in [3.8, 4) is 5.75 Å². The Kier molecular flexibility index (Phi) is 8.15. The third-order valence-corrected chi connectivity index (χ3v) is 4.91. The minimum atomic E-state index is 0.0390. The van der Waals surface area contributed by atoms with Gasteiger partial charge in [0.05, 0.1) is 19.8 Å². The molecule has 1 aliphatic rings. The van der Waals surface area contributed by atoms with E-state index in [2.05, 4.69) is 34.5 Å². The van der Waals surface area contributed by atoms with Gasteiger partial charge in [0.25, 0.3) is 0 Å². The lowest BCUT2D eigenvalue weighted by molar-refractivity contribution is -0.121. The summed E-state index contributed by atoms with van der Waals surface area (Å²) in [5.74, 6) is 0.805. The van der Waals surface area contributed by atoms with E-state index in [1.165, 1.54) is 5.56 Å². The molecule has 0 bridgehead atoms. The number of benzene rings is 2. The first-order chi connectivity index (χ1) is 13.7. The number of nitrogens with zero attached hydrogens (tertiary/aromatic N) is 1. The molecule has 0 unspecified atom stereocenters. The minimum absolute atomic E-state index is 0.0390. The summed E-state index contributed by atoms with van der Waals surface area (Å²) in [5, 5.41) is 3.65. The van der Waals surface area contributed by atoms with Crippen LogP contribution in [0.4, 0.5) is 0 Å². The second kappa shape index (κ2) is 11.1. The van der Waals surface area contributed by atoms with Crippen LogP contribution < -0.4 is 10.1 Å². The van der Waals surface area contributed by atoms with E-state index in [-0.39, 0.29) is 5.91 Å². The highest BCUT2D eigenvalue weighted by Crippen LogP contribution is 2.15. The lowest BCUT2D eigenvalue weighted by Crippen LogP contribution is -2.35. The predicted octanol–water partition coefficient (Wildman–Crippen LogP) is 3.65. The third-order valence-electron chi connectivity index (χ3n) is 4.65. The van der Waals surface area contributed by atoms with Gasteiger partial charge in [0.2, 0.25) is 5.91 Å². The highest BCUT2D eigenvalue weighted by molar-refractivity contribution is 6.30. The van der Waals surface area contributed by atoms with Crippen LogP contribution in [0, 0.1) is 0 Å². The fraction of sp³-hybridized carbons (Fsp3) is 0.409. The lowest BCUT2D eigenvalue weighted by atomic mass is 10.1. The van der Waals surface area contributed by atoms with Gasteiger partial charge in [-0.05, 0) is 41.8 Å². The number of morpholine rings is 1. The van der Waals surface area contributed by atoms with Gasteiger partial charge in [-0.3, -0.25) is 9.69 Å². The summed E-state index contributed by atoms with van der Waals surface area (Å²) in [6.07, 6.45) is 1.12. The number of amides is 1. The van der Waals surface area contributed by atoms with Crippen molar-refractivity contribution in [3.63, 3.8) is 0 Å². The molecule has 1 aliphatic heterocycles. The average molecular weight is 403 g/mol. The van der Waals surface area contributed by atoms with Gasteiger partial charge in [-0.15, -0.1) is 0 Å². The van der Waals surface area contributed by atoms with E-state index in [0.29, 0.717) is 31.0 Å². The first-order valence-corrected chi connectivity index (χ1v) is 10.1. The summed E-state index contributed by atoms with van der Waals surface area (Å²) in [5.41, 5.74) is 2.40. The maximum Gasteiger partial charge on any atom is 0.220 e. The van der Waals surface area contributed by atoms with Crippen molar-refractivity contribution in [1.29, 1.82) is 0 Å². The van der Waals surface area contributed by atoms with Gasteiger partial charge < -0.3 is 14.8 Å². The van der Waals surface area contributed by atoms with Gasteiger partial charge in [-0.2, -0.15) is 0 Å². The molecule has 150 valence electrons. The fourth-order valence-corrected chi connectivity index (χ4v) is 3.15. The molecule has 1 fully saturated rings. The predicted molar refractivity (Wildman–Crippen MR) is 111 cm³/mol. The van der Waals surface area contributed by atoms with Crippen molar-refractivity contribution in [3.05, 3.63) is 64.7 Å². The van der Waals surface area contributed by atoms with Crippen LogP contribution in [-0.4, -0.2) is 43.7 Å². The Morgan fingerprint density at radius 2 is 1.71 bits per heavy atom. The zero-order valence-electron chi connectivity index (χ0n) is 16.0. The number of carbonyl (C=O) groups excluding carboxylic acids is 1. The first kappa shape index (κ1) is 20.6. The van der Waals surface area contributed by atoms with E-state index >= 15 is 0 Å². The van der Waals surface area contributed by atoms with Crippen LogP contribution in [0.25, 0.3) is 0 Å². The molecule has 28 heavy (non-hydrogen) atoms. The number of hydrogen-bond donors (Lipinski definition) is 1. The fourth-order valence-electron chi connectivity index (χ4n) is 3.02. The summed E-state index contributed by atoms with van der Waals surface area (Å²) in [6, 6.07) is 15.7. The molecule has 3 rings (SSSR count). The van der Waals surface area contributed by atoms with Crippen LogP contribution in [0.2, 0.25) is 5.02 Å². The molecule has 6 heteroatoms. The third kappa shape index (κ3) is 7.15. The molecule has 1 heterocycles. The van der Waals surface area contributed by atoms with Crippen molar-refractivity contribution in [2.45, 2.75) is 25.9 Å². The van der Waals surface area contributed by atoms with E-state index in [1.807, 2.05) is 12.1 Å². The maximum absolute atomic E-state index is 12.0. The second-order valence-electron chi connectivity index (χ2n) is 6.89. The molecule has 0 saturated carbocycles. The monoisotopic (exact) mass is 402 g/mol. The zero-order valence-corrected chi connectivity index (χ0v) is 16.8. The van der Waals surface area contributed by atoms with Gasteiger partial charge in [-0.1, -0.05) is 35.9 Å². The number of nitrogens with one attached hydrogen (secondary N) is 1. The van der Waals surface area contributed by atoms with Crippen molar-refractivity contribution >= 4 is 17.5 Å². The molecule has 0 spiro atoms. The van der Waals surface area contributed by atoms with Crippen LogP contribution in [0.1, 0.15) is 24.0 Å². The zero-order chi connectivity index (χ0) is 19.6. The van der Waals surface area contributed by atoms with Crippen LogP contribution in [0.3, 0.4) is 0 Å². The standard InChI is InChI=1S/C22H27ClN2O3/c23-20-7-9-21(10-8-20)28-13-1-2-22(26)24-16-18-3-5-19(6-4-18)17-25-11-14-27-15-12-25/h3-10H,1-2,11-17H2,(H,24,26). The van der Waals surface area contributed by atoms with Crippen molar-refractivity contribution in [2.75, 3.05) is 32.9 Å². The smallest absolute Gasteiger partial charge is 0.220 e. The summed E-state index contributed by atoms with van der Waals surface area (Å²) in [4.78, 5) is 14.4. The largest absolute Gasteiger partial charge is 0.494 e. The molecule has 0 atom stereocenters. The molecular weight excluding hydrogens is 376 g/mol. The van der Waals surface area contributed by atoms with E-state index in [9.17, 15) is 4.79 Å². The van der Waals surface area contributed by atoms with Gasteiger partial charge in [0, 0.05) is 37.6 Å². The average Bonchev–Trinajstić information content (AvgIpc) is 2.73. The number of rotatable bonds is 9. The number of carbonyl (C=O) groups is 1. The molecule has 5 nitrogen and oxygen atoms in total. The quantitative estimate of drug-likeness (QED) is 0.650. The summed E-state index contributed by atoms with van der Waals surface area (Å²) in [7, 11) is 0. The van der Waals surface area contributed by atoms with Gasteiger partial charge in [-0.25, -0.2) is 0 Å². The van der Waals surface area contributed by atoms with Crippen molar-refractivity contribution < 1.29 is 14.3 Å². The van der Waals surface area contributed by atoms with Crippen molar-refractivity contribution in [1.82, 2.24) is 10.2 Å². The van der Waals surface area contributed by atoms with E-state index in [1.54, 1.807) is 12.1 Å². The molecule has 1 amide bonds. The Morgan fingerprint density at radius 3 is 2.43 bits per heavy atom. The Labute approximate surface area is 171 Å². The molecule has 0 radical (unpaired) electrons. The van der Waals surface area contributed by atoms with E-state index in [4.69, 9.17) is 21.1 Å². The highest BCUT2D eigenvalue weighted by atomic mass is 35.5. The number of ether oxygens (including phenoxy) is 2. The maximum atomic E-state index is 12.0. The first-order valence-electron chi connectivity index (χ1n) is 9.72. The van der Waals surface area contributed by atoms with Gasteiger partial charge in [0.1, 0.15) is 5.75 Å². The van der Waals surface area contributed by atoms with Crippen LogP contribution in [-0.2, 0) is 22.6 Å². The van der Waals surface area contributed by atoms with Crippen LogP contribution >= 0.6 is 11.6 Å². The molecule has 1 N–H and O–H groups in total. The van der Waals surface area contributed by atoms with Crippen molar-refractivity contribution in [2.24, 2.45) is 0 Å². The normalized spacial score (nSPS) is 14.6.